The van der Waals surface area contributed by atoms with Crippen LogP contribution in [0.15, 0.2) is 18.2 Å². The van der Waals surface area contributed by atoms with Crippen molar-refractivity contribution in [1.29, 1.82) is 0 Å². The van der Waals surface area contributed by atoms with E-state index in [0.717, 1.165) is 23.7 Å². The number of hydrogen-bond donors (Lipinski definition) is 1. The van der Waals surface area contributed by atoms with Crippen LogP contribution >= 0.6 is 15.9 Å². The lowest BCUT2D eigenvalue weighted by Crippen LogP contribution is -2.46. The highest BCUT2D eigenvalue weighted by Crippen LogP contribution is 2.18. The minimum Gasteiger partial charge on any atom is -0.347 e. The van der Waals surface area contributed by atoms with Crippen LogP contribution in [-0.4, -0.2) is 16.8 Å². The molecule has 18 heavy (non-hydrogen) atoms. The summed E-state index contributed by atoms with van der Waals surface area (Å²) in [5.74, 6) is -0.817. The Morgan fingerprint density at radius 1 is 1.50 bits per heavy atom. The van der Waals surface area contributed by atoms with Gasteiger partial charge in [0.15, 0.2) is 0 Å². The van der Waals surface area contributed by atoms with Gasteiger partial charge in [0.2, 0.25) is 0 Å². The Bertz CT molecular complexity index is 436. The molecule has 2 nitrogen and oxygen atoms in total. The van der Waals surface area contributed by atoms with Gasteiger partial charge >= 0.3 is 0 Å². The molecule has 1 aromatic rings. The number of benzene rings is 1. The van der Waals surface area contributed by atoms with Gasteiger partial charge in [-0.2, -0.15) is 0 Å². The van der Waals surface area contributed by atoms with Crippen LogP contribution in [0.4, 0.5) is 4.39 Å². The van der Waals surface area contributed by atoms with E-state index in [1.807, 2.05) is 13.8 Å². The molecule has 0 fully saturated rings. The van der Waals surface area contributed by atoms with Crippen molar-refractivity contribution in [2.24, 2.45) is 0 Å². The number of carbonyl (C=O) groups is 1. The van der Waals surface area contributed by atoms with E-state index in [2.05, 4.69) is 21.2 Å². The summed E-state index contributed by atoms with van der Waals surface area (Å²) in [5, 5.41) is 3.71. The molecule has 0 aliphatic rings. The zero-order valence-corrected chi connectivity index (χ0v) is 12.6. The Balaban J connectivity index is 2.87. The van der Waals surface area contributed by atoms with Crippen LogP contribution < -0.4 is 5.32 Å². The SMILES string of the molecule is CCC(C)(CCBr)NC(=O)c1ccc(C)cc1F. The summed E-state index contributed by atoms with van der Waals surface area (Å²) in [6.07, 6.45) is 1.61. The number of hydrogen-bond acceptors (Lipinski definition) is 1. The largest absolute Gasteiger partial charge is 0.347 e. The maximum absolute atomic E-state index is 13.7. The summed E-state index contributed by atoms with van der Waals surface area (Å²) in [5.41, 5.74) is 0.607. The molecule has 0 saturated heterocycles. The molecule has 0 aliphatic carbocycles. The summed E-state index contributed by atoms with van der Waals surface area (Å²) in [6, 6.07) is 4.65. The van der Waals surface area contributed by atoms with E-state index in [-0.39, 0.29) is 17.0 Å². The number of rotatable bonds is 5. The van der Waals surface area contributed by atoms with E-state index in [1.54, 1.807) is 13.0 Å². The number of carbonyl (C=O) groups excluding carboxylic acids is 1. The molecule has 100 valence electrons. The van der Waals surface area contributed by atoms with Gasteiger partial charge in [0.25, 0.3) is 5.91 Å². The second-order valence-corrected chi connectivity index (χ2v) is 5.58. The zero-order valence-electron chi connectivity index (χ0n) is 11.0. The van der Waals surface area contributed by atoms with Gasteiger partial charge in [0.05, 0.1) is 5.56 Å². The minimum absolute atomic E-state index is 0.106. The molecule has 1 atom stereocenters. The van der Waals surface area contributed by atoms with Crippen LogP contribution in [0.5, 0.6) is 0 Å². The first-order valence-electron chi connectivity index (χ1n) is 6.06. The average molecular weight is 316 g/mol. The summed E-state index contributed by atoms with van der Waals surface area (Å²) >= 11 is 3.37. The number of halogens is 2. The van der Waals surface area contributed by atoms with Crippen LogP contribution in [0.25, 0.3) is 0 Å². The lowest BCUT2D eigenvalue weighted by atomic mass is 9.95. The zero-order chi connectivity index (χ0) is 13.8. The van der Waals surface area contributed by atoms with Crippen LogP contribution in [0, 0.1) is 12.7 Å². The Morgan fingerprint density at radius 2 is 2.17 bits per heavy atom. The Kier molecular flexibility index (Phi) is 5.32. The molecular formula is C14H19BrFNO. The molecule has 1 rings (SSSR count). The van der Waals surface area contributed by atoms with Gasteiger partial charge in [0, 0.05) is 10.9 Å². The molecule has 4 heteroatoms. The summed E-state index contributed by atoms with van der Waals surface area (Å²) < 4.78 is 13.7. The molecule has 0 aromatic heterocycles. The lowest BCUT2D eigenvalue weighted by Gasteiger charge is -2.29. The predicted octanol–water partition coefficient (Wildman–Crippen LogP) is 3.82. The third-order valence-corrected chi connectivity index (χ3v) is 3.61. The lowest BCUT2D eigenvalue weighted by molar-refractivity contribution is 0.0897. The number of nitrogens with one attached hydrogen (secondary N) is 1. The van der Waals surface area contributed by atoms with Crippen molar-refractivity contribution < 1.29 is 9.18 Å². The van der Waals surface area contributed by atoms with E-state index in [0.29, 0.717) is 0 Å². The van der Waals surface area contributed by atoms with Crippen molar-refractivity contribution in [1.82, 2.24) is 5.32 Å². The average Bonchev–Trinajstić information content (AvgIpc) is 2.28. The molecule has 0 aliphatic heterocycles. The van der Waals surface area contributed by atoms with Gasteiger partial charge < -0.3 is 5.32 Å². The normalized spacial score (nSPS) is 14.1. The molecular weight excluding hydrogens is 297 g/mol. The van der Waals surface area contributed by atoms with Gasteiger partial charge in [-0.05, 0) is 44.4 Å². The van der Waals surface area contributed by atoms with Crippen LogP contribution in [0.3, 0.4) is 0 Å². The van der Waals surface area contributed by atoms with Crippen molar-refractivity contribution in [2.45, 2.75) is 39.2 Å². The Labute approximate surface area is 116 Å². The quantitative estimate of drug-likeness (QED) is 0.822. The van der Waals surface area contributed by atoms with E-state index in [9.17, 15) is 9.18 Å². The standard InChI is InChI=1S/C14H19BrFNO/c1-4-14(3,7-8-15)17-13(18)11-6-5-10(2)9-12(11)16/h5-6,9H,4,7-8H2,1-3H3,(H,17,18). The third kappa shape index (κ3) is 3.80. The minimum atomic E-state index is -0.468. The number of alkyl halides is 1. The van der Waals surface area contributed by atoms with Gasteiger partial charge in [-0.25, -0.2) is 4.39 Å². The molecule has 0 radical (unpaired) electrons. The second kappa shape index (κ2) is 6.32. The van der Waals surface area contributed by atoms with Crippen LogP contribution in [-0.2, 0) is 0 Å². The van der Waals surface area contributed by atoms with E-state index in [1.165, 1.54) is 12.1 Å². The highest BCUT2D eigenvalue weighted by Gasteiger charge is 2.25. The third-order valence-electron chi connectivity index (χ3n) is 3.21. The van der Waals surface area contributed by atoms with E-state index >= 15 is 0 Å². The monoisotopic (exact) mass is 315 g/mol. The van der Waals surface area contributed by atoms with Gasteiger partial charge in [-0.15, -0.1) is 0 Å². The van der Waals surface area contributed by atoms with Crippen molar-refractivity contribution >= 4 is 21.8 Å². The molecule has 0 spiro atoms. The van der Waals surface area contributed by atoms with Crippen LogP contribution in [0.1, 0.15) is 42.6 Å². The number of amides is 1. The highest BCUT2D eigenvalue weighted by atomic mass is 79.9. The van der Waals surface area contributed by atoms with Crippen molar-refractivity contribution in [3.63, 3.8) is 0 Å². The molecule has 1 aromatic carbocycles. The van der Waals surface area contributed by atoms with Crippen molar-refractivity contribution in [2.75, 3.05) is 5.33 Å². The maximum Gasteiger partial charge on any atom is 0.254 e. The fourth-order valence-electron chi connectivity index (χ4n) is 1.68. The Hall–Kier alpha value is -0.900. The summed E-state index contributed by atoms with van der Waals surface area (Å²) in [7, 11) is 0. The first-order valence-corrected chi connectivity index (χ1v) is 7.18. The highest BCUT2D eigenvalue weighted by molar-refractivity contribution is 9.09. The molecule has 1 unspecified atom stereocenters. The van der Waals surface area contributed by atoms with Crippen LogP contribution in [0.2, 0.25) is 0 Å². The summed E-state index contributed by atoms with van der Waals surface area (Å²) in [6.45, 7) is 5.78. The van der Waals surface area contributed by atoms with E-state index in [4.69, 9.17) is 0 Å². The van der Waals surface area contributed by atoms with Crippen molar-refractivity contribution in [3.05, 3.63) is 35.1 Å². The smallest absolute Gasteiger partial charge is 0.254 e. The topological polar surface area (TPSA) is 29.1 Å². The molecule has 0 heterocycles. The van der Waals surface area contributed by atoms with E-state index < -0.39 is 5.82 Å². The molecule has 1 amide bonds. The van der Waals surface area contributed by atoms with Gasteiger partial charge in [-0.1, -0.05) is 28.9 Å². The number of aryl methyl sites for hydroxylation is 1. The molecule has 0 saturated carbocycles. The first-order chi connectivity index (χ1) is 8.41. The fraction of sp³-hybridized carbons (Fsp3) is 0.500. The molecule has 0 bridgehead atoms. The second-order valence-electron chi connectivity index (χ2n) is 4.79. The van der Waals surface area contributed by atoms with Gasteiger partial charge in [0.1, 0.15) is 5.82 Å². The maximum atomic E-state index is 13.7. The summed E-state index contributed by atoms with van der Waals surface area (Å²) in [4.78, 5) is 12.1. The van der Waals surface area contributed by atoms with Crippen molar-refractivity contribution in [3.8, 4) is 0 Å². The fourth-order valence-corrected chi connectivity index (χ4v) is 2.56. The first kappa shape index (κ1) is 15.2. The predicted molar refractivity (Wildman–Crippen MR) is 75.7 cm³/mol. The Morgan fingerprint density at radius 3 is 2.67 bits per heavy atom. The molecule has 1 N–H and O–H groups in total. The van der Waals surface area contributed by atoms with Gasteiger partial charge in [-0.3, -0.25) is 4.79 Å².